The van der Waals surface area contributed by atoms with E-state index < -0.39 is 13.6 Å². The number of carbonyl (C=O) groups is 1. The van der Waals surface area contributed by atoms with Crippen LogP contribution in [0.15, 0.2) is 29.4 Å². The van der Waals surface area contributed by atoms with Crippen LogP contribution in [0.25, 0.3) is 0 Å². The third-order valence-electron chi connectivity index (χ3n) is 3.32. The number of oxime groups is 1. The van der Waals surface area contributed by atoms with Crippen molar-refractivity contribution in [1.82, 2.24) is 0 Å². The van der Waals surface area contributed by atoms with Crippen LogP contribution in [-0.2, 0) is 23.2 Å². The highest BCUT2D eigenvalue weighted by Gasteiger charge is 2.32. The Hall–Kier alpha value is -1.40. The van der Waals surface area contributed by atoms with E-state index in [0.717, 1.165) is 19.3 Å². The molecule has 152 valence electrons. The Kier molecular flexibility index (Phi) is 11.3. The van der Waals surface area contributed by atoms with E-state index in [1.807, 2.05) is 0 Å². The van der Waals surface area contributed by atoms with Crippen LogP contribution >= 0.6 is 19.2 Å². The van der Waals surface area contributed by atoms with Crippen LogP contribution in [0.5, 0.6) is 5.75 Å². The van der Waals surface area contributed by atoms with E-state index in [4.69, 9.17) is 30.2 Å². The molecule has 0 spiro atoms. The second-order valence-corrected chi connectivity index (χ2v) is 7.97. The molecule has 27 heavy (non-hydrogen) atoms. The first-order chi connectivity index (χ1) is 12.9. The second kappa shape index (κ2) is 12.9. The highest BCUT2D eigenvalue weighted by molar-refractivity contribution is 7.72. The molecule has 0 atom stereocenters. The minimum Gasteiger partial charge on any atom is -0.482 e. The van der Waals surface area contributed by atoms with Gasteiger partial charge in [0.05, 0.1) is 13.2 Å². The molecule has 1 aromatic rings. The number of unbranched alkanes of at least 4 members (excludes halogenated alkanes) is 2. The van der Waals surface area contributed by atoms with Crippen LogP contribution < -0.4 is 4.74 Å². The van der Waals surface area contributed by atoms with Gasteiger partial charge in [-0.05, 0) is 38.5 Å². The molecule has 0 aromatic heterocycles. The van der Waals surface area contributed by atoms with E-state index in [-0.39, 0.29) is 25.3 Å². The first-order valence-electron chi connectivity index (χ1n) is 8.99. The van der Waals surface area contributed by atoms with E-state index in [1.165, 1.54) is 0 Å². The zero-order valence-corrected chi connectivity index (χ0v) is 17.6. The van der Waals surface area contributed by atoms with Gasteiger partial charge < -0.3 is 18.6 Å². The summed E-state index contributed by atoms with van der Waals surface area (Å²) in [5.41, 5.74) is 0.107. The summed E-state index contributed by atoms with van der Waals surface area (Å²) in [5, 5.41) is 4.27. The van der Waals surface area contributed by atoms with Crippen molar-refractivity contribution in [3.8, 4) is 5.75 Å². The smallest absolute Gasteiger partial charge is 0.378 e. The van der Waals surface area contributed by atoms with E-state index in [9.17, 15) is 9.36 Å². The lowest BCUT2D eigenvalue weighted by Crippen LogP contribution is -2.15. The number of nitrogens with zero attached hydrogens (tertiary/aromatic N) is 1. The summed E-state index contributed by atoms with van der Waals surface area (Å²) in [7, 11) is -3.59. The average Bonchev–Trinajstić information content (AvgIpc) is 2.63. The SMILES string of the molecule is CCCCCC(=NOC(=O)COc1cccc(Cl)c1)P(=O)(OCC)OCC. The maximum atomic E-state index is 12.9. The quantitative estimate of drug-likeness (QED) is 0.139. The molecule has 0 amide bonds. The van der Waals surface area contributed by atoms with Gasteiger partial charge in [-0.25, -0.2) is 4.79 Å². The summed E-state index contributed by atoms with van der Waals surface area (Å²) in [5.74, 6) is -0.302. The zero-order chi connectivity index (χ0) is 20.1. The van der Waals surface area contributed by atoms with Gasteiger partial charge >= 0.3 is 13.6 Å². The number of halogens is 1. The molecule has 0 radical (unpaired) electrons. The molecule has 0 N–H and O–H groups in total. The average molecular weight is 420 g/mol. The van der Waals surface area contributed by atoms with Crippen LogP contribution in [0.4, 0.5) is 0 Å². The molecule has 0 unspecified atom stereocenters. The summed E-state index contributed by atoms with van der Waals surface area (Å²) in [6.07, 6.45) is 2.99. The Balaban J connectivity index is 2.76. The summed E-state index contributed by atoms with van der Waals surface area (Å²) >= 11 is 5.86. The number of hydrogen-bond donors (Lipinski definition) is 0. The molecule has 0 aliphatic carbocycles. The maximum absolute atomic E-state index is 12.9. The first kappa shape index (κ1) is 23.6. The van der Waals surface area contributed by atoms with E-state index in [2.05, 4.69) is 12.1 Å². The van der Waals surface area contributed by atoms with E-state index in [1.54, 1.807) is 38.1 Å². The van der Waals surface area contributed by atoms with Gasteiger partial charge in [-0.2, -0.15) is 0 Å². The molecule has 9 heteroatoms. The largest absolute Gasteiger partial charge is 0.482 e. The fourth-order valence-electron chi connectivity index (χ4n) is 2.12. The molecule has 0 saturated heterocycles. The zero-order valence-electron chi connectivity index (χ0n) is 16.0. The summed E-state index contributed by atoms with van der Waals surface area (Å²) in [6.45, 7) is 5.49. The molecule has 0 saturated carbocycles. The molecule has 1 rings (SSSR count). The molecular formula is C18H27ClNO6P. The van der Waals surface area contributed by atoms with Gasteiger partial charge in [0.15, 0.2) is 12.1 Å². The van der Waals surface area contributed by atoms with Crippen molar-refractivity contribution < 1.29 is 28.0 Å². The Morgan fingerprint density at radius 1 is 1.15 bits per heavy atom. The van der Waals surface area contributed by atoms with Crippen LogP contribution in [0.3, 0.4) is 0 Å². The maximum Gasteiger partial charge on any atom is 0.378 e. The van der Waals surface area contributed by atoms with Gasteiger partial charge in [0.25, 0.3) is 0 Å². The van der Waals surface area contributed by atoms with Gasteiger partial charge in [-0.1, -0.05) is 42.6 Å². The Labute approximate surface area is 165 Å². The topological polar surface area (TPSA) is 83.4 Å². The van der Waals surface area contributed by atoms with Crippen molar-refractivity contribution >= 4 is 30.6 Å². The lowest BCUT2D eigenvalue weighted by molar-refractivity contribution is -0.146. The van der Waals surface area contributed by atoms with Gasteiger partial charge in [0, 0.05) is 11.4 Å². The van der Waals surface area contributed by atoms with Crippen molar-refractivity contribution in [3.63, 3.8) is 0 Å². The molecule has 0 aliphatic rings. The summed E-state index contributed by atoms with van der Waals surface area (Å²) in [6, 6.07) is 6.63. The third kappa shape index (κ3) is 8.89. The number of rotatable bonds is 13. The van der Waals surface area contributed by atoms with E-state index >= 15 is 0 Å². The molecule has 0 aliphatic heterocycles. The fraction of sp³-hybridized carbons (Fsp3) is 0.556. The lowest BCUT2D eigenvalue weighted by Gasteiger charge is -2.18. The van der Waals surface area contributed by atoms with Crippen molar-refractivity contribution in [2.75, 3.05) is 19.8 Å². The second-order valence-electron chi connectivity index (χ2n) is 5.51. The molecule has 0 heterocycles. The number of hydrogen-bond acceptors (Lipinski definition) is 7. The fourth-order valence-corrected chi connectivity index (χ4v) is 3.93. The van der Waals surface area contributed by atoms with Crippen LogP contribution in [0.2, 0.25) is 5.02 Å². The van der Waals surface area contributed by atoms with Gasteiger partial charge in [-0.15, -0.1) is 0 Å². The highest BCUT2D eigenvalue weighted by atomic mass is 35.5. The van der Waals surface area contributed by atoms with Gasteiger partial charge in [0.1, 0.15) is 5.75 Å². The highest BCUT2D eigenvalue weighted by Crippen LogP contribution is 2.51. The molecule has 7 nitrogen and oxygen atoms in total. The molecule has 0 bridgehead atoms. The monoisotopic (exact) mass is 419 g/mol. The lowest BCUT2D eigenvalue weighted by atomic mass is 10.2. The van der Waals surface area contributed by atoms with Gasteiger partial charge in [-0.3, -0.25) is 4.57 Å². The molecular weight excluding hydrogens is 393 g/mol. The Morgan fingerprint density at radius 3 is 2.44 bits per heavy atom. The predicted molar refractivity (Wildman–Crippen MR) is 105 cm³/mol. The minimum absolute atomic E-state index is 0.107. The minimum atomic E-state index is -3.59. The number of benzene rings is 1. The van der Waals surface area contributed by atoms with Crippen LogP contribution in [-0.4, -0.2) is 31.2 Å². The van der Waals surface area contributed by atoms with Crippen molar-refractivity contribution in [1.29, 1.82) is 0 Å². The molecule has 0 fully saturated rings. The van der Waals surface area contributed by atoms with Crippen molar-refractivity contribution in [2.24, 2.45) is 5.16 Å². The Morgan fingerprint density at radius 2 is 1.85 bits per heavy atom. The van der Waals surface area contributed by atoms with Crippen molar-refractivity contribution in [2.45, 2.75) is 46.5 Å². The number of ether oxygens (including phenoxy) is 1. The predicted octanol–water partition coefficient (Wildman–Crippen LogP) is 5.42. The summed E-state index contributed by atoms with van der Waals surface area (Å²) < 4.78 is 28.8. The van der Waals surface area contributed by atoms with Crippen LogP contribution in [0.1, 0.15) is 46.5 Å². The van der Waals surface area contributed by atoms with Gasteiger partial charge in [0.2, 0.25) is 0 Å². The van der Waals surface area contributed by atoms with Crippen molar-refractivity contribution in [3.05, 3.63) is 29.3 Å². The summed E-state index contributed by atoms with van der Waals surface area (Å²) in [4.78, 5) is 16.8. The normalized spacial score (nSPS) is 12.1. The third-order valence-corrected chi connectivity index (χ3v) is 5.69. The van der Waals surface area contributed by atoms with E-state index in [0.29, 0.717) is 17.2 Å². The standard InChI is InChI=1S/C18H27ClNO6P/c1-4-7-8-12-17(27(22,24-5-2)25-6-3)20-26-18(21)14-23-16-11-9-10-15(19)13-16/h9-11,13H,4-8,12,14H2,1-3H3. The molecule has 1 aromatic carbocycles. The first-order valence-corrected chi connectivity index (χ1v) is 10.9. The van der Waals surface area contributed by atoms with Crippen LogP contribution in [0, 0.1) is 0 Å². The Bertz CT molecular complexity index is 657. The number of carbonyl (C=O) groups excluding carboxylic acids is 1.